The van der Waals surface area contributed by atoms with Gasteiger partial charge in [-0.1, -0.05) is 32.1 Å². The van der Waals surface area contributed by atoms with E-state index in [1.54, 1.807) is 0 Å². The molecule has 3 atom stereocenters. The van der Waals surface area contributed by atoms with Crippen LogP contribution in [0.15, 0.2) is 24.8 Å². The standard InChI is InChI=1S/C14H22O/c1-4-11-12(15)9-14(7-5-6-8-14)10-13(11,2)3/h4-5,7,11-12,15H,1,6,8-10H2,2-3H3. The molecule has 0 bridgehead atoms. The minimum absolute atomic E-state index is 0.175. The highest BCUT2D eigenvalue weighted by Gasteiger charge is 2.47. The summed E-state index contributed by atoms with van der Waals surface area (Å²) in [6.07, 6.45) is 10.9. The maximum absolute atomic E-state index is 10.2. The van der Waals surface area contributed by atoms with Crippen molar-refractivity contribution in [3.8, 4) is 0 Å². The Bertz CT molecular complexity index is 290. The largest absolute Gasteiger partial charge is 0.392 e. The highest BCUT2D eigenvalue weighted by atomic mass is 16.3. The van der Waals surface area contributed by atoms with E-state index in [0.29, 0.717) is 0 Å². The third-order valence-corrected chi connectivity index (χ3v) is 4.27. The van der Waals surface area contributed by atoms with E-state index in [9.17, 15) is 5.11 Å². The SMILES string of the molecule is C=CC1C(O)CC2(C=CCC2)CC1(C)C. The zero-order valence-corrected chi connectivity index (χ0v) is 9.87. The summed E-state index contributed by atoms with van der Waals surface area (Å²) in [5.74, 6) is 0.247. The zero-order valence-electron chi connectivity index (χ0n) is 9.87. The van der Waals surface area contributed by atoms with Crippen LogP contribution in [-0.4, -0.2) is 11.2 Å². The van der Waals surface area contributed by atoms with Gasteiger partial charge in [-0.05, 0) is 36.5 Å². The molecular weight excluding hydrogens is 184 g/mol. The summed E-state index contributed by atoms with van der Waals surface area (Å²) in [6.45, 7) is 8.39. The lowest BCUT2D eigenvalue weighted by atomic mass is 9.57. The third-order valence-electron chi connectivity index (χ3n) is 4.27. The Morgan fingerprint density at radius 1 is 1.47 bits per heavy atom. The van der Waals surface area contributed by atoms with Gasteiger partial charge in [0.25, 0.3) is 0 Å². The molecule has 0 radical (unpaired) electrons. The molecular formula is C14H22O. The Hall–Kier alpha value is -0.560. The lowest BCUT2D eigenvalue weighted by Gasteiger charge is -2.49. The molecule has 0 heterocycles. The monoisotopic (exact) mass is 206 g/mol. The van der Waals surface area contributed by atoms with E-state index in [1.807, 2.05) is 6.08 Å². The van der Waals surface area contributed by atoms with E-state index < -0.39 is 0 Å². The topological polar surface area (TPSA) is 20.2 Å². The van der Waals surface area contributed by atoms with Crippen molar-refractivity contribution in [2.45, 2.75) is 45.6 Å². The summed E-state index contributed by atoms with van der Waals surface area (Å²) >= 11 is 0. The van der Waals surface area contributed by atoms with Gasteiger partial charge >= 0.3 is 0 Å². The Morgan fingerprint density at radius 2 is 2.20 bits per heavy atom. The van der Waals surface area contributed by atoms with Crippen molar-refractivity contribution >= 4 is 0 Å². The summed E-state index contributed by atoms with van der Waals surface area (Å²) in [5.41, 5.74) is 0.455. The van der Waals surface area contributed by atoms with E-state index in [4.69, 9.17) is 0 Å². The van der Waals surface area contributed by atoms with Crippen molar-refractivity contribution < 1.29 is 5.11 Å². The molecule has 2 rings (SSSR count). The van der Waals surface area contributed by atoms with Crippen molar-refractivity contribution in [3.63, 3.8) is 0 Å². The molecule has 2 aliphatic rings. The van der Waals surface area contributed by atoms with E-state index in [0.717, 1.165) is 6.42 Å². The van der Waals surface area contributed by atoms with Crippen molar-refractivity contribution in [2.24, 2.45) is 16.7 Å². The normalized spacial score (nSPS) is 43.4. The van der Waals surface area contributed by atoms with Gasteiger partial charge in [0.2, 0.25) is 0 Å². The summed E-state index contributed by atoms with van der Waals surface area (Å²) < 4.78 is 0. The molecule has 1 saturated carbocycles. The highest BCUT2D eigenvalue weighted by molar-refractivity contribution is 5.14. The molecule has 1 heteroatoms. The number of hydrogen-bond donors (Lipinski definition) is 1. The van der Waals surface area contributed by atoms with Gasteiger partial charge in [0.1, 0.15) is 0 Å². The molecule has 0 amide bonds. The predicted octanol–water partition coefficient (Wildman–Crippen LogP) is 3.31. The first-order valence-corrected chi connectivity index (χ1v) is 5.97. The lowest BCUT2D eigenvalue weighted by Crippen LogP contribution is -2.45. The van der Waals surface area contributed by atoms with Crippen molar-refractivity contribution in [3.05, 3.63) is 24.8 Å². The molecule has 1 fully saturated rings. The second-order valence-electron chi connectivity index (χ2n) is 6.00. The molecule has 15 heavy (non-hydrogen) atoms. The summed E-state index contributed by atoms with van der Waals surface area (Å²) in [5, 5.41) is 10.2. The number of hydrogen-bond acceptors (Lipinski definition) is 1. The van der Waals surface area contributed by atoms with E-state index in [-0.39, 0.29) is 22.9 Å². The molecule has 2 aliphatic carbocycles. The van der Waals surface area contributed by atoms with Crippen LogP contribution in [0, 0.1) is 16.7 Å². The van der Waals surface area contributed by atoms with Gasteiger partial charge in [-0.2, -0.15) is 0 Å². The molecule has 0 aromatic rings. The number of rotatable bonds is 1. The second kappa shape index (κ2) is 3.48. The zero-order chi connectivity index (χ0) is 11.1. The van der Waals surface area contributed by atoms with E-state index >= 15 is 0 Å². The summed E-state index contributed by atoms with van der Waals surface area (Å²) in [7, 11) is 0. The first-order chi connectivity index (χ1) is 6.99. The molecule has 0 aromatic heterocycles. The fourth-order valence-electron chi connectivity index (χ4n) is 3.74. The Balaban J connectivity index is 2.25. The Morgan fingerprint density at radius 3 is 2.67 bits per heavy atom. The minimum Gasteiger partial charge on any atom is -0.392 e. The number of aliphatic hydroxyl groups excluding tert-OH is 1. The predicted molar refractivity (Wildman–Crippen MR) is 63.5 cm³/mol. The molecule has 3 unspecified atom stereocenters. The molecule has 0 aromatic carbocycles. The van der Waals surface area contributed by atoms with Gasteiger partial charge in [0.05, 0.1) is 6.10 Å². The van der Waals surface area contributed by atoms with Crippen LogP contribution in [-0.2, 0) is 0 Å². The van der Waals surface area contributed by atoms with E-state index in [1.165, 1.54) is 19.3 Å². The fourth-order valence-corrected chi connectivity index (χ4v) is 3.74. The van der Waals surface area contributed by atoms with Gasteiger partial charge in [-0.25, -0.2) is 0 Å². The molecule has 84 valence electrons. The van der Waals surface area contributed by atoms with Crippen LogP contribution in [0.4, 0.5) is 0 Å². The minimum atomic E-state index is -0.214. The Labute approximate surface area is 92.9 Å². The fraction of sp³-hybridized carbons (Fsp3) is 0.714. The van der Waals surface area contributed by atoms with Crippen LogP contribution in [0.25, 0.3) is 0 Å². The maximum atomic E-state index is 10.2. The van der Waals surface area contributed by atoms with Gasteiger partial charge < -0.3 is 5.11 Å². The number of aliphatic hydroxyl groups is 1. The van der Waals surface area contributed by atoms with Crippen molar-refractivity contribution in [1.29, 1.82) is 0 Å². The lowest BCUT2D eigenvalue weighted by molar-refractivity contribution is -0.0356. The first-order valence-electron chi connectivity index (χ1n) is 5.97. The third kappa shape index (κ3) is 1.78. The van der Waals surface area contributed by atoms with Crippen molar-refractivity contribution in [2.75, 3.05) is 0 Å². The van der Waals surface area contributed by atoms with Gasteiger partial charge in [-0.3, -0.25) is 0 Å². The average molecular weight is 206 g/mol. The van der Waals surface area contributed by atoms with Gasteiger partial charge in [0.15, 0.2) is 0 Å². The quantitative estimate of drug-likeness (QED) is 0.653. The van der Waals surface area contributed by atoms with Gasteiger partial charge in [0, 0.05) is 5.92 Å². The van der Waals surface area contributed by atoms with Crippen LogP contribution >= 0.6 is 0 Å². The second-order valence-corrected chi connectivity index (χ2v) is 6.00. The van der Waals surface area contributed by atoms with Crippen LogP contribution in [0.1, 0.15) is 39.5 Å². The number of allylic oxidation sites excluding steroid dienone is 2. The molecule has 0 saturated heterocycles. The first kappa shape index (κ1) is 10.9. The van der Waals surface area contributed by atoms with Crippen LogP contribution < -0.4 is 0 Å². The molecule has 1 nitrogen and oxygen atoms in total. The van der Waals surface area contributed by atoms with Crippen molar-refractivity contribution in [1.82, 2.24) is 0 Å². The molecule has 1 N–H and O–H groups in total. The average Bonchev–Trinajstić information content (AvgIpc) is 2.50. The maximum Gasteiger partial charge on any atom is 0.0616 e. The summed E-state index contributed by atoms with van der Waals surface area (Å²) in [4.78, 5) is 0. The van der Waals surface area contributed by atoms with Gasteiger partial charge in [-0.15, -0.1) is 6.58 Å². The highest BCUT2D eigenvalue weighted by Crippen LogP contribution is 2.54. The summed E-state index contributed by atoms with van der Waals surface area (Å²) in [6, 6.07) is 0. The van der Waals surface area contributed by atoms with E-state index in [2.05, 4.69) is 32.6 Å². The molecule has 1 spiro atoms. The van der Waals surface area contributed by atoms with Crippen LogP contribution in [0.5, 0.6) is 0 Å². The Kier molecular flexibility index (Phi) is 2.54. The van der Waals surface area contributed by atoms with Crippen LogP contribution in [0.3, 0.4) is 0 Å². The smallest absolute Gasteiger partial charge is 0.0616 e. The molecule has 0 aliphatic heterocycles. The van der Waals surface area contributed by atoms with Crippen LogP contribution in [0.2, 0.25) is 0 Å².